The molecule has 1 unspecified atom stereocenters. The second kappa shape index (κ2) is 10.1. The van der Waals surface area contributed by atoms with Crippen LogP contribution in [0, 0.1) is 0 Å². The lowest BCUT2D eigenvalue weighted by molar-refractivity contribution is 0.0535. The van der Waals surface area contributed by atoms with Crippen molar-refractivity contribution in [3.05, 3.63) is 0 Å². The van der Waals surface area contributed by atoms with E-state index < -0.39 is 18.3 Å². The summed E-state index contributed by atoms with van der Waals surface area (Å²) >= 11 is 0. The zero-order chi connectivity index (χ0) is 11.7. The van der Waals surface area contributed by atoms with Crippen LogP contribution in [-0.2, 0) is 9.47 Å². The summed E-state index contributed by atoms with van der Waals surface area (Å²) in [5, 5.41) is 4.93. The van der Waals surface area contributed by atoms with E-state index in [9.17, 15) is 9.59 Å². The molecule has 0 saturated carbocycles. The van der Waals surface area contributed by atoms with E-state index in [1.807, 2.05) is 0 Å². The molecule has 0 aliphatic carbocycles. The number of hydrogen-bond acceptors (Lipinski definition) is 4. The molecular weight excluding hydrogens is 212 g/mol. The third-order valence-electron chi connectivity index (χ3n) is 1.40. The SMILES string of the molecule is C.CCNC(=O)OCC(C)OC(=O)NCC. The van der Waals surface area contributed by atoms with Crippen molar-refractivity contribution in [1.29, 1.82) is 0 Å². The monoisotopic (exact) mass is 234 g/mol. The Morgan fingerprint density at radius 1 is 1.12 bits per heavy atom. The van der Waals surface area contributed by atoms with E-state index >= 15 is 0 Å². The number of ether oxygens (including phenoxy) is 2. The van der Waals surface area contributed by atoms with Gasteiger partial charge in [0.2, 0.25) is 0 Å². The molecule has 0 spiro atoms. The Labute approximate surface area is 96.7 Å². The first-order chi connectivity index (χ1) is 7.10. The van der Waals surface area contributed by atoms with E-state index in [0.29, 0.717) is 13.1 Å². The molecule has 0 saturated heterocycles. The predicted molar refractivity (Wildman–Crippen MR) is 61.4 cm³/mol. The van der Waals surface area contributed by atoms with Gasteiger partial charge in [0.1, 0.15) is 12.7 Å². The normalized spacial score (nSPS) is 10.7. The minimum atomic E-state index is -0.510. The maximum absolute atomic E-state index is 10.9. The molecule has 0 bridgehead atoms. The van der Waals surface area contributed by atoms with Crippen molar-refractivity contribution in [2.75, 3.05) is 19.7 Å². The molecule has 0 heterocycles. The lowest BCUT2D eigenvalue weighted by Gasteiger charge is -2.13. The molecule has 0 aromatic rings. The van der Waals surface area contributed by atoms with E-state index in [1.54, 1.807) is 20.8 Å². The van der Waals surface area contributed by atoms with E-state index in [-0.39, 0.29) is 14.0 Å². The Balaban J connectivity index is 0. The molecule has 6 nitrogen and oxygen atoms in total. The molecule has 0 aliphatic rings. The Morgan fingerprint density at radius 2 is 1.62 bits per heavy atom. The highest BCUT2D eigenvalue weighted by Crippen LogP contribution is 1.93. The van der Waals surface area contributed by atoms with Gasteiger partial charge in [0.15, 0.2) is 0 Å². The molecule has 16 heavy (non-hydrogen) atoms. The zero-order valence-electron chi connectivity index (χ0n) is 9.33. The van der Waals surface area contributed by atoms with Crippen LogP contribution in [0.4, 0.5) is 9.59 Å². The topological polar surface area (TPSA) is 76.7 Å². The Hall–Kier alpha value is -1.46. The van der Waals surface area contributed by atoms with Gasteiger partial charge < -0.3 is 20.1 Å². The van der Waals surface area contributed by atoms with Crippen LogP contribution >= 0.6 is 0 Å². The minimum Gasteiger partial charge on any atom is -0.446 e. The number of carbonyl (C=O) groups excluding carboxylic acids is 2. The highest BCUT2D eigenvalue weighted by molar-refractivity contribution is 5.68. The van der Waals surface area contributed by atoms with Crippen molar-refractivity contribution in [1.82, 2.24) is 10.6 Å². The zero-order valence-corrected chi connectivity index (χ0v) is 9.33. The van der Waals surface area contributed by atoms with Crippen LogP contribution in [0.1, 0.15) is 28.2 Å². The van der Waals surface area contributed by atoms with Gasteiger partial charge in [0, 0.05) is 13.1 Å². The molecule has 0 aromatic heterocycles. The summed E-state index contributed by atoms with van der Waals surface area (Å²) in [4.78, 5) is 21.8. The fraction of sp³-hybridized carbons (Fsp3) is 0.800. The van der Waals surface area contributed by atoms with Crippen LogP contribution in [0.3, 0.4) is 0 Å². The summed E-state index contributed by atoms with van der Waals surface area (Å²) in [5.74, 6) is 0. The van der Waals surface area contributed by atoms with Crippen molar-refractivity contribution in [2.45, 2.75) is 34.3 Å². The predicted octanol–water partition coefficient (Wildman–Crippen LogP) is 1.50. The van der Waals surface area contributed by atoms with Gasteiger partial charge in [-0.1, -0.05) is 7.43 Å². The van der Waals surface area contributed by atoms with Crippen LogP contribution in [0.5, 0.6) is 0 Å². The van der Waals surface area contributed by atoms with Gasteiger partial charge in [-0.05, 0) is 20.8 Å². The number of rotatable bonds is 5. The average molecular weight is 234 g/mol. The molecule has 96 valence electrons. The van der Waals surface area contributed by atoms with Crippen molar-refractivity contribution in [2.24, 2.45) is 0 Å². The molecule has 0 fully saturated rings. The summed E-state index contributed by atoms with van der Waals surface area (Å²) in [7, 11) is 0. The lowest BCUT2D eigenvalue weighted by Crippen LogP contribution is -2.32. The van der Waals surface area contributed by atoms with Crippen LogP contribution in [0.25, 0.3) is 0 Å². The largest absolute Gasteiger partial charge is 0.446 e. The van der Waals surface area contributed by atoms with Crippen LogP contribution in [0.15, 0.2) is 0 Å². The smallest absolute Gasteiger partial charge is 0.407 e. The van der Waals surface area contributed by atoms with Crippen LogP contribution < -0.4 is 10.6 Å². The summed E-state index contributed by atoms with van der Waals surface area (Å²) in [6, 6.07) is 0. The molecule has 2 N–H and O–H groups in total. The van der Waals surface area contributed by atoms with Gasteiger partial charge in [-0.15, -0.1) is 0 Å². The number of alkyl carbamates (subject to hydrolysis) is 2. The Bertz CT molecular complexity index is 209. The highest BCUT2D eigenvalue weighted by atomic mass is 16.6. The number of carbonyl (C=O) groups is 2. The summed E-state index contributed by atoms with van der Waals surface area (Å²) < 4.78 is 9.63. The maximum atomic E-state index is 10.9. The molecule has 0 radical (unpaired) electrons. The third kappa shape index (κ3) is 9.11. The summed E-state index contributed by atoms with van der Waals surface area (Å²) in [5.41, 5.74) is 0. The molecule has 2 amide bonds. The van der Waals surface area contributed by atoms with E-state index in [2.05, 4.69) is 10.6 Å². The van der Waals surface area contributed by atoms with Gasteiger partial charge in [-0.2, -0.15) is 0 Å². The summed E-state index contributed by atoms with van der Waals surface area (Å²) in [6.07, 6.45) is -1.48. The number of amides is 2. The van der Waals surface area contributed by atoms with Gasteiger partial charge in [-0.3, -0.25) is 0 Å². The molecule has 6 heteroatoms. The van der Waals surface area contributed by atoms with E-state index in [1.165, 1.54) is 0 Å². The standard InChI is InChI=1S/C9H18N2O4.CH4/c1-4-10-8(12)14-6-7(3)15-9(13)11-5-2;/h7H,4-6H2,1-3H3,(H,10,12)(H,11,13);1H4. The second-order valence-electron chi connectivity index (χ2n) is 2.88. The number of nitrogens with one attached hydrogen (secondary N) is 2. The Morgan fingerprint density at radius 3 is 2.12 bits per heavy atom. The van der Waals surface area contributed by atoms with E-state index in [4.69, 9.17) is 9.47 Å². The Kier molecular flexibility index (Phi) is 10.7. The van der Waals surface area contributed by atoms with Gasteiger partial charge in [0.05, 0.1) is 0 Å². The van der Waals surface area contributed by atoms with Crippen molar-refractivity contribution < 1.29 is 19.1 Å². The first-order valence-corrected chi connectivity index (χ1v) is 4.95. The second-order valence-corrected chi connectivity index (χ2v) is 2.88. The fourth-order valence-electron chi connectivity index (χ4n) is 0.791. The first kappa shape index (κ1) is 17.0. The van der Waals surface area contributed by atoms with Gasteiger partial charge in [-0.25, -0.2) is 9.59 Å². The molecule has 0 rings (SSSR count). The first-order valence-electron chi connectivity index (χ1n) is 4.95. The highest BCUT2D eigenvalue weighted by Gasteiger charge is 2.10. The average Bonchev–Trinajstić information content (AvgIpc) is 2.15. The molecule has 0 aliphatic heterocycles. The number of hydrogen-bond donors (Lipinski definition) is 2. The van der Waals surface area contributed by atoms with Gasteiger partial charge >= 0.3 is 12.2 Å². The third-order valence-corrected chi connectivity index (χ3v) is 1.40. The molecular formula is C10H22N2O4. The van der Waals surface area contributed by atoms with Gasteiger partial charge in [0.25, 0.3) is 0 Å². The summed E-state index contributed by atoms with van der Waals surface area (Å²) in [6.45, 7) is 6.28. The minimum absolute atomic E-state index is 0. The van der Waals surface area contributed by atoms with Crippen molar-refractivity contribution >= 4 is 12.2 Å². The molecule has 1 atom stereocenters. The lowest BCUT2D eigenvalue weighted by atomic mass is 10.4. The van der Waals surface area contributed by atoms with Crippen molar-refractivity contribution in [3.8, 4) is 0 Å². The van der Waals surface area contributed by atoms with Crippen molar-refractivity contribution in [3.63, 3.8) is 0 Å². The fourth-order valence-corrected chi connectivity index (χ4v) is 0.791. The maximum Gasteiger partial charge on any atom is 0.407 e. The van der Waals surface area contributed by atoms with Crippen LogP contribution in [-0.4, -0.2) is 38.0 Å². The quantitative estimate of drug-likeness (QED) is 0.755. The molecule has 0 aromatic carbocycles. The van der Waals surface area contributed by atoms with E-state index in [0.717, 1.165) is 0 Å². The van der Waals surface area contributed by atoms with Crippen LogP contribution in [0.2, 0.25) is 0 Å².